The van der Waals surface area contributed by atoms with E-state index >= 15 is 0 Å². The summed E-state index contributed by atoms with van der Waals surface area (Å²) in [4.78, 5) is 0. The van der Waals surface area contributed by atoms with Crippen LogP contribution < -0.4 is 0 Å². The third kappa shape index (κ3) is 2.57. The first kappa shape index (κ1) is 13.1. The maximum Gasteiger partial charge on any atom is 0.0677 e. The molecule has 0 fully saturated rings. The third-order valence-corrected chi connectivity index (χ3v) is 3.54. The van der Waals surface area contributed by atoms with Gasteiger partial charge in [-0.1, -0.05) is 29.8 Å². The molecular formula is C14H17ClN2O. The lowest BCUT2D eigenvalue weighted by Gasteiger charge is -2.07. The van der Waals surface area contributed by atoms with E-state index < -0.39 is 0 Å². The molecule has 0 amide bonds. The van der Waals surface area contributed by atoms with Crippen LogP contribution in [0.1, 0.15) is 22.5 Å². The molecule has 0 saturated heterocycles. The number of aliphatic hydroxyl groups is 1. The van der Waals surface area contributed by atoms with Crippen LogP contribution in [-0.2, 0) is 13.0 Å². The lowest BCUT2D eigenvalue weighted by Crippen LogP contribution is -2.05. The molecule has 0 aliphatic rings. The first-order valence-corrected chi connectivity index (χ1v) is 6.38. The molecule has 0 atom stereocenters. The van der Waals surface area contributed by atoms with E-state index in [0.717, 1.165) is 27.5 Å². The molecule has 18 heavy (non-hydrogen) atoms. The van der Waals surface area contributed by atoms with Crippen molar-refractivity contribution in [2.24, 2.45) is 0 Å². The number of nitrogens with zero attached hydrogens (tertiary/aromatic N) is 2. The van der Waals surface area contributed by atoms with Crippen molar-refractivity contribution in [3.8, 4) is 0 Å². The lowest BCUT2D eigenvalue weighted by molar-refractivity contribution is 0.299. The molecule has 2 rings (SSSR count). The second-order valence-electron chi connectivity index (χ2n) is 4.37. The molecule has 0 unspecified atom stereocenters. The molecule has 2 aromatic rings. The smallest absolute Gasteiger partial charge is 0.0677 e. The third-order valence-electron chi connectivity index (χ3n) is 3.17. The molecule has 0 aliphatic heterocycles. The van der Waals surface area contributed by atoms with Crippen LogP contribution in [0.2, 0.25) is 5.02 Å². The Morgan fingerprint density at radius 3 is 2.67 bits per heavy atom. The molecule has 3 nitrogen and oxygen atoms in total. The normalized spacial score (nSPS) is 10.9. The molecule has 0 radical (unpaired) electrons. The fraction of sp³-hybridized carbons (Fsp3) is 0.357. The quantitative estimate of drug-likeness (QED) is 0.922. The largest absolute Gasteiger partial charge is 0.396 e. The fourth-order valence-corrected chi connectivity index (χ4v) is 2.35. The van der Waals surface area contributed by atoms with Crippen LogP contribution >= 0.6 is 11.6 Å². The summed E-state index contributed by atoms with van der Waals surface area (Å²) in [5, 5.41) is 14.3. The van der Waals surface area contributed by atoms with Crippen LogP contribution in [0.25, 0.3) is 0 Å². The van der Waals surface area contributed by atoms with Crippen LogP contribution in [0.15, 0.2) is 24.3 Å². The minimum atomic E-state index is 0.152. The second-order valence-corrected chi connectivity index (χ2v) is 4.78. The molecular weight excluding hydrogens is 248 g/mol. The Morgan fingerprint density at radius 2 is 2.00 bits per heavy atom. The van der Waals surface area contributed by atoms with Crippen LogP contribution in [0.5, 0.6) is 0 Å². The highest BCUT2D eigenvalue weighted by Gasteiger charge is 2.11. The molecule has 4 heteroatoms. The van der Waals surface area contributed by atoms with E-state index in [-0.39, 0.29) is 6.61 Å². The summed E-state index contributed by atoms with van der Waals surface area (Å²) in [6.45, 7) is 4.82. The van der Waals surface area contributed by atoms with Gasteiger partial charge in [-0.05, 0) is 37.5 Å². The zero-order valence-electron chi connectivity index (χ0n) is 10.7. The number of aliphatic hydroxyl groups excluding tert-OH is 1. The Hall–Kier alpha value is -1.32. The molecule has 0 spiro atoms. The van der Waals surface area contributed by atoms with E-state index in [1.54, 1.807) is 0 Å². The number of halogens is 1. The molecule has 1 N–H and O–H groups in total. The maximum atomic E-state index is 9.05. The number of aryl methyl sites for hydroxylation is 1. The number of aromatic nitrogens is 2. The zero-order chi connectivity index (χ0) is 13.1. The Morgan fingerprint density at radius 1 is 1.28 bits per heavy atom. The van der Waals surface area contributed by atoms with Gasteiger partial charge in [0.15, 0.2) is 0 Å². The van der Waals surface area contributed by atoms with Crippen LogP contribution in [-0.4, -0.2) is 21.5 Å². The van der Waals surface area contributed by atoms with Gasteiger partial charge in [0, 0.05) is 17.3 Å². The Labute approximate surface area is 112 Å². The summed E-state index contributed by atoms with van der Waals surface area (Å²) in [7, 11) is 0. The minimum absolute atomic E-state index is 0.152. The first-order valence-electron chi connectivity index (χ1n) is 6.00. The van der Waals surface area contributed by atoms with Crippen molar-refractivity contribution < 1.29 is 5.11 Å². The van der Waals surface area contributed by atoms with Crippen molar-refractivity contribution in [3.05, 3.63) is 51.8 Å². The van der Waals surface area contributed by atoms with Crippen molar-refractivity contribution in [3.63, 3.8) is 0 Å². The first-order chi connectivity index (χ1) is 8.63. The summed E-state index contributed by atoms with van der Waals surface area (Å²) < 4.78 is 1.95. The van der Waals surface area contributed by atoms with Gasteiger partial charge in [-0.2, -0.15) is 5.10 Å². The van der Waals surface area contributed by atoms with E-state index in [1.807, 2.05) is 42.8 Å². The van der Waals surface area contributed by atoms with Gasteiger partial charge in [-0.15, -0.1) is 0 Å². The van der Waals surface area contributed by atoms with Crippen molar-refractivity contribution in [1.29, 1.82) is 0 Å². The van der Waals surface area contributed by atoms with Crippen molar-refractivity contribution in [2.75, 3.05) is 6.61 Å². The summed E-state index contributed by atoms with van der Waals surface area (Å²) >= 11 is 6.15. The molecule has 1 heterocycles. The van der Waals surface area contributed by atoms with E-state index in [1.165, 1.54) is 0 Å². The summed E-state index contributed by atoms with van der Waals surface area (Å²) in [5.41, 5.74) is 4.26. The Kier molecular flexibility index (Phi) is 4.04. The van der Waals surface area contributed by atoms with Gasteiger partial charge >= 0.3 is 0 Å². The molecule has 0 bridgehead atoms. The summed E-state index contributed by atoms with van der Waals surface area (Å²) in [5.74, 6) is 0. The van der Waals surface area contributed by atoms with Gasteiger partial charge < -0.3 is 5.11 Å². The monoisotopic (exact) mass is 264 g/mol. The van der Waals surface area contributed by atoms with Crippen LogP contribution in [0, 0.1) is 13.8 Å². The highest BCUT2D eigenvalue weighted by molar-refractivity contribution is 6.31. The molecule has 0 saturated carbocycles. The predicted octanol–water partition coefficient (Wildman–Crippen LogP) is 2.74. The van der Waals surface area contributed by atoms with E-state index in [4.69, 9.17) is 16.7 Å². The Balaban J connectivity index is 2.30. The lowest BCUT2D eigenvalue weighted by atomic mass is 10.1. The summed E-state index contributed by atoms with van der Waals surface area (Å²) in [6.07, 6.45) is 0.653. The number of hydrogen-bond acceptors (Lipinski definition) is 2. The second kappa shape index (κ2) is 5.55. The Bertz CT molecular complexity index is 549. The SMILES string of the molecule is Cc1nn(Cc2ccccc2Cl)c(C)c1CCO. The fourth-order valence-electron chi connectivity index (χ4n) is 2.15. The van der Waals surface area contributed by atoms with Crippen LogP contribution in [0.4, 0.5) is 0 Å². The van der Waals surface area contributed by atoms with Crippen molar-refractivity contribution in [2.45, 2.75) is 26.8 Å². The van der Waals surface area contributed by atoms with E-state index in [9.17, 15) is 0 Å². The van der Waals surface area contributed by atoms with Crippen molar-refractivity contribution in [1.82, 2.24) is 9.78 Å². The average molecular weight is 265 g/mol. The van der Waals surface area contributed by atoms with Crippen LogP contribution in [0.3, 0.4) is 0 Å². The highest BCUT2D eigenvalue weighted by atomic mass is 35.5. The molecule has 96 valence electrons. The van der Waals surface area contributed by atoms with E-state index in [0.29, 0.717) is 13.0 Å². The van der Waals surface area contributed by atoms with Gasteiger partial charge in [0.1, 0.15) is 0 Å². The van der Waals surface area contributed by atoms with Gasteiger partial charge in [0.25, 0.3) is 0 Å². The predicted molar refractivity (Wildman–Crippen MR) is 73.0 cm³/mol. The van der Waals surface area contributed by atoms with Gasteiger partial charge in [-0.25, -0.2) is 0 Å². The molecule has 1 aromatic carbocycles. The number of hydrogen-bond donors (Lipinski definition) is 1. The maximum absolute atomic E-state index is 9.05. The standard InChI is InChI=1S/C14H17ClN2O/c1-10-13(7-8-18)11(2)17(16-10)9-12-5-3-4-6-14(12)15/h3-6,18H,7-9H2,1-2H3. The van der Waals surface area contributed by atoms with E-state index in [2.05, 4.69) is 5.10 Å². The number of rotatable bonds is 4. The van der Waals surface area contributed by atoms with Gasteiger partial charge in [0.2, 0.25) is 0 Å². The van der Waals surface area contributed by atoms with Gasteiger partial charge in [-0.3, -0.25) is 4.68 Å². The average Bonchev–Trinajstić information content (AvgIpc) is 2.60. The topological polar surface area (TPSA) is 38.0 Å². The molecule has 1 aromatic heterocycles. The summed E-state index contributed by atoms with van der Waals surface area (Å²) in [6, 6.07) is 7.79. The number of benzene rings is 1. The van der Waals surface area contributed by atoms with Gasteiger partial charge in [0.05, 0.1) is 12.2 Å². The highest BCUT2D eigenvalue weighted by Crippen LogP contribution is 2.19. The molecule has 0 aliphatic carbocycles. The van der Waals surface area contributed by atoms with Crippen molar-refractivity contribution >= 4 is 11.6 Å². The zero-order valence-corrected chi connectivity index (χ0v) is 11.4. The minimum Gasteiger partial charge on any atom is -0.396 e.